The van der Waals surface area contributed by atoms with Crippen LogP contribution in [0.25, 0.3) is 0 Å². The van der Waals surface area contributed by atoms with Gasteiger partial charge in [0.25, 0.3) is 5.91 Å². The first-order valence-electron chi connectivity index (χ1n) is 8.07. The quantitative estimate of drug-likeness (QED) is 0.704. The summed E-state index contributed by atoms with van der Waals surface area (Å²) in [5.74, 6) is -0.314. The second kappa shape index (κ2) is 7.05. The predicted molar refractivity (Wildman–Crippen MR) is 105 cm³/mol. The molecule has 4 nitrogen and oxygen atoms in total. The number of sulfone groups is 1. The van der Waals surface area contributed by atoms with Crippen molar-refractivity contribution >= 4 is 32.8 Å². The van der Waals surface area contributed by atoms with Gasteiger partial charge in [0.2, 0.25) is 9.84 Å². The number of rotatable bonds is 4. The minimum Gasteiger partial charge on any atom is -0.321 e. The summed E-state index contributed by atoms with van der Waals surface area (Å²) in [5.41, 5.74) is 3.79. The van der Waals surface area contributed by atoms with Crippen LogP contribution in [0.15, 0.2) is 63.7 Å². The molecule has 0 unspecified atom stereocenters. The Morgan fingerprint density at radius 1 is 0.846 bits per heavy atom. The van der Waals surface area contributed by atoms with Gasteiger partial charge in [0.1, 0.15) is 4.21 Å². The highest BCUT2D eigenvalue weighted by molar-refractivity contribution is 7.93. The molecule has 1 heterocycles. The average molecular weight is 386 g/mol. The Morgan fingerprint density at radius 2 is 1.46 bits per heavy atom. The maximum atomic E-state index is 12.7. The number of amides is 1. The van der Waals surface area contributed by atoms with Gasteiger partial charge >= 0.3 is 0 Å². The third-order valence-electron chi connectivity index (χ3n) is 3.88. The molecular formula is C20H19NO3S2. The van der Waals surface area contributed by atoms with Crippen LogP contribution in [0.3, 0.4) is 0 Å². The predicted octanol–water partition coefficient (Wildman–Crippen LogP) is 4.76. The average Bonchev–Trinajstić information content (AvgIpc) is 3.05. The summed E-state index contributed by atoms with van der Waals surface area (Å²) in [5, 5.41) is 2.83. The Kier molecular flexibility index (Phi) is 4.98. The smallest absolute Gasteiger partial charge is 0.265 e. The van der Waals surface area contributed by atoms with Crippen LogP contribution < -0.4 is 5.32 Å². The summed E-state index contributed by atoms with van der Waals surface area (Å²) < 4.78 is 25.6. The Morgan fingerprint density at radius 3 is 2.08 bits per heavy atom. The first-order chi connectivity index (χ1) is 12.3. The third kappa shape index (κ3) is 3.86. The summed E-state index contributed by atoms with van der Waals surface area (Å²) in [6, 6.07) is 15.5. The number of hydrogen-bond acceptors (Lipinski definition) is 4. The lowest BCUT2D eigenvalue weighted by molar-refractivity contribution is 0.103. The molecule has 0 aliphatic heterocycles. The van der Waals surface area contributed by atoms with Crippen LogP contribution in [-0.2, 0) is 9.84 Å². The van der Waals surface area contributed by atoms with Crippen molar-refractivity contribution in [3.8, 4) is 0 Å². The molecular weight excluding hydrogens is 366 g/mol. The normalized spacial score (nSPS) is 11.3. The molecule has 26 heavy (non-hydrogen) atoms. The number of aryl methyl sites for hydroxylation is 3. The fourth-order valence-electron chi connectivity index (χ4n) is 2.66. The van der Waals surface area contributed by atoms with E-state index in [1.54, 1.807) is 30.3 Å². The molecule has 1 amide bonds. The molecule has 134 valence electrons. The van der Waals surface area contributed by atoms with Crippen molar-refractivity contribution in [2.75, 3.05) is 5.32 Å². The molecule has 3 aromatic rings. The van der Waals surface area contributed by atoms with Gasteiger partial charge in [-0.05, 0) is 68.3 Å². The molecule has 0 aliphatic carbocycles. The van der Waals surface area contributed by atoms with Gasteiger partial charge < -0.3 is 5.32 Å². The van der Waals surface area contributed by atoms with E-state index in [9.17, 15) is 13.2 Å². The number of carbonyl (C=O) groups is 1. The maximum absolute atomic E-state index is 12.7. The van der Waals surface area contributed by atoms with E-state index in [1.807, 2.05) is 39.0 Å². The van der Waals surface area contributed by atoms with Crippen molar-refractivity contribution in [2.24, 2.45) is 0 Å². The van der Waals surface area contributed by atoms with E-state index in [-0.39, 0.29) is 15.0 Å². The third-order valence-corrected chi connectivity index (χ3v) is 7.23. The van der Waals surface area contributed by atoms with Gasteiger partial charge in [-0.2, -0.15) is 0 Å². The van der Waals surface area contributed by atoms with E-state index in [4.69, 9.17) is 0 Å². The fraction of sp³-hybridized carbons (Fsp3) is 0.150. The molecule has 2 aromatic carbocycles. The van der Waals surface area contributed by atoms with E-state index in [2.05, 4.69) is 5.32 Å². The molecule has 1 aromatic heterocycles. The summed E-state index contributed by atoms with van der Waals surface area (Å²) >= 11 is 0.975. The van der Waals surface area contributed by atoms with Gasteiger partial charge in [-0.25, -0.2) is 8.42 Å². The van der Waals surface area contributed by atoms with Crippen LogP contribution in [0.2, 0.25) is 0 Å². The lowest BCUT2D eigenvalue weighted by Gasteiger charge is -2.06. The Balaban J connectivity index is 1.84. The van der Waals surface area contributed by atoms with E-state index >= 15 is 0 Å². The van der Waals surface area contributed by atoms with Gasteiger partial charge in [-0.1, -0.05) is 23.8 Å². The Bertz CT molecular complexity index is 1040. The lowest BCUT2D eigenvalue weighted by Crippen LogP contribution is -2.10. The molecule has 0 spiro atoms. The van der Waals surface area contributed by atoms with E-state index in [0.29, 0.717) is 10.6 Å². The highest BCUT2D eigenvalue weighted by atomic mass is 32.2. The van der Waals surface area contributed by atoms with Crippen LogP contribution in [0, 0.1) is 20.8 Å². The summed E-state index contributed by atoms with van der Waals surface area (Å²) in [7, 11) is -3.62. The van der Waals surface area contributed by atoms with E-state index < -0.39 is 9.84 Å². The molecule has 0 fully saturated rings. The standard InChI is InChI=1S/C20H19NO3S2/c1-13-4-6-17(7-5-13)26(23,24)19-9-8-18(25-19)20(22)21-16-11-14(2)10-15(3)12-16/h4-12H,1-3H3,(H,21,22). The SMILES string of the molecule is Cc1ccc(S(=O)(=O)c2ccc(C(=O)Nc3cc(C)cc(C)c3)s2)cc1. The van der Waals surface area contributed by atoms with Crippen LogP contribution >= 0.6 is 11.3 Å². The number of thiophene rings is 1. The lowest BCUT2D eigenvalue weighted by atomic mass is 10.1. The van der Waals surface area contributed by atoms with E-state index in [0.717, 1.165) is 28.0 Å². The number of hydrogen-bond donors (Lipinski definition) is 1. The van der Waals surface area contributed by atoms with Crippen molar-refractivity contribution in [1.29, 1.82) is 0 Å². The number of benzene rings is 2. The van der Waals surface area contributed by atoms with Crippen LogP contribution in [-0.4, -0.2) is 14.3 Å². The molecule has 0 saturated carbocycles. The topological polar surface area (TPSA) is 63.2 Å². The van der Waals surface area contributed by atoms with Gasteiger partial charge in [0, 0.05) is 5.69 Å². The molecule has 0 radical (unpaired) electrons. The van der Waals surface area contributed by atoms with Gasteiger partial charge in [-0.3, -0.25) is 4.79 Å². The monoisotopic (exact) mass is 385 g/mol. The van der Waals surface area contributed by atoms with Crippen LogP contribution in [0.4, 0.5) is 5.69 Å². The zero-order valence-electron chi connectivity index (χ0n) is 14.7. The zero-order chi connectivity index (χ0) is 18.9. The molecule has 0 atom stereocenters. The molecule has 1 N–H and O–H groups in total. The minimum absolute atomic E-state index is 0.159. The number of anilines is 1. The van der Waals surface area contributed by atoms with E-state index in [1.165, 1.54) is 6.07 Å². The largest absolute Gasteiger partial charge is 0.321 e. The Labute approximate surface area is 157 Å². The van der Waals surface area contributed by atoms with Crippen LogP contribution in [0.5, 0.6) is 0 Å². The van der Waals surface area contributed by atoms with Crippen molar-refractivity contribution < 1.29 is 13.2 Å². The van der Waals surface area contributed by atoms with Crippen LogP contribution in [0.1, 0.15) is 26.4 Å². The second-order valence-electron chi connectivity index (χ2n) is 6.27. The fourth-order valence-corrected chi connectivity index (χ4v) is 5.26. The first-order valence-corrected chi connectivity index (χ1v) is 10.4. The van der Waals surface area contributed by atoms with Crippen molar-refractivity contribution in [1.82, 2.24) is 0 Å². The zero-order valence-corrected chi connectivity index (χ0v) is 16.4. The van der Waals surface area contributed by atoms with Crippen molar-refractivity contribution in [3.63, 3.8) is 0 Å². The first kappa shape index (κ1) is 18.4. The number of nitrogens with one attached hydrogen (secondary N) is 1. The molecule has 3 rings (SSSR count). The van der Waals surface area contributed by atoms with Gasteiger partial charge in [0.15, 0.2) is 0 Å². The Hall–Kier alpha value is -2.44. The second-order valence-corrected chi connectivity index (χ2v) is 9.53. The summed E-state index contributed by atoms with van der Waals surface area (Å²) in [6.45, 7) is 5.82. The van der Waals surface area contributed by atoms with Gasteiger partial charge in [0.05, 0.1) is 9.77 Å². The number of carbonyl (C=O) groups excluding carboxylic acids is 1. The van der Waals surface area contributed by atoms with Crippen molar-refractivity contribution in [3.05, 3.63) is 76.2 Å². The minimum atomic E-state index is -3.62. The highest BCUT2D eigenvalue weighted by Gasteiger charge is 2.21. The maximum Gasteiger partial charge on any atom is 0.265 e. The summed E-state index contributed by atoms with van der Waals surface area (Å²) in [4.78, 5) is 13.0. The van der Waals surface area contributed by atoms with Gasteiger partial charge in [-0.15, -0.1) is 11.3 Å². The molecule has 0 saturated heterocycles. The highest BCUT2D eigenvalue weighted by Crippen LogP contribution is 2.28. The molecule has 0 aliphatic rings. The van der Waals surface area contributed by atoms with Crippen molar-refractivity contribution in [2.45, 2.75) is 29.9 Å². The molecule has 6 heteroatoms. The molecule has 0 bridgehead atoms. The summed E-state index contributed by atoms with van der Waals surface area (Å²) in [6.07, 6.45) is 0.